The molecule has 1 amide bonds. The summed E-state index contributed by atoms with van der Waals surface area (Å²) in [7, 11) is 0. The first-order valence-electron chi connectivity index (χ1n) is 15.7. The van der Waals surface area contributed by atoms with Gasteiger partial charge in [0.25, 0.3) is 5.91 Å². The summed E-state index contributed by atoms with van der Waals surface area (Å²) in [5, 5.41) is 6.71. The second kappa shape index (κ2) is 12.4. The van der Waals surface area contributed by atoms with Crippen molar-refractivity contribution < 1.29 is 9.53 Å². The van der Waals surface area contributed by atoms with Gasteiger partial charge < -0.3 is 21.1 Å². The summed E-state index contributed by atoms with van der Waals surface area (Å²) in [5.74, 6) is 1.78. The van der Waals surface area contributed by atoms with Crippen molar-refractivity contribution in [3.05, 3.63) is 118 Å². The van der Waals surface area contributed by atoms with E-state index in [4.69, 9.17) is 22.1 Å². The second-order valence-electron chi connectivity index (χ2n) is 13.6. The number of nitrogens with one attached hydrogen (secondary N) is 2. The van der Waals surface area contributed by atoms with Gasteiger partial charge in [-0.05, 0) is 102 Å². The molecule has 47 heavy (non-hydrogen) atoms. The molecule has 8 heteroatoms. The number of fused-ring (bicyclic) bond motifs is 2. The number of rotatable bonds is 4. The Bertz CT molecular complexity index is 1970. The third kappa shape index (κ3) is 6.54. The molecule has 0 spiro atoms. The van der Waals surface area contributed by atoms with E-state index in [0.717, 1.165) is 35.6 Å². The van der Waals surface area contributed by atoms with Crippen molar-refractivity contribution in [3.63, 3.8) is 0 Å². The lowest BCUT2D eigenvalue weighted by Gasteiger charge is -2.19. The number of carbonyl (C=O) groups is 1. The molecule has 7 nitrogen and oxygen atoms in total. The zero-order valence-corrected chi connectivity index (χ0v) is 28.4. The highest BCUT2D eigenvalue weighted by atomic mass is 35.5. The van der Waals surface area contributed by atoms with E-state index in [1.54, 1.807) is 30.5 Å². The SMILES string of the molecule is Cc1cc2c(cc1-c1ccc(N)nc1)C(C)(C)CO2.Cc1cc2c(cc1-c1ccc(NC(=O)c3ccccc3Cl)nc1)C(C)(C)CN2. The number of aryl methyl sites for hydroxylation is 2. The van der Waals surface area contributed by atoms with E-state index in [1.807, 2.05) is 30.5 Å². The van der Waals surface area contributed by atoms with Gasteiger partial charge in [-0.15, -0.1) is 0 Å². The molecule has 0 fully saturated rings. The van der Waals surface area contributed by atoms with Crippen molar-refractivity contribution in [2.45, 2.75) is 52.4 Å². The topological polar surface area (TPSA) is 102 Å². The molecule has 4 heterocycles. The van der Waals surface area contributed by atoms with Crippen LogP contribution in [0.25, 0.3) is 22.3 Å². The molecule has 0 saturated heterocycles. The summed E-state index contributed by atoms with van der Waals surface area (Å²) in [6.45, 7) is 14.8. The van der Waals surface area contributed by atoms with Gasteiger partial charge in [0, 0.05) is 52.1 Å². The number of halogens is 1. The first-order chi connectivity index (χ1) is 22.3. The molecule has 0 aliphatic carbocycles. The largest absolute Gasteiger partial charge is 0.492 e. The van der Waals surface area contributed by atoms with E-state index in [9.17, 15) is 4.79 Å². The molecule has 0 unspecified atom stereocenters. The molecule has 4 N–H and O–H groups in total. The molecule has 240 valence electrons. The van der Waals surface area contributed by atoms with Crippen LogP contribution in [-0.2, 0) is 10.8 Å². The molecule has 5 aromatic rings. The Balaban J connectivity index is 0.000000177. The van der Waals surface area contributed by atoms with Crippen LogP contribution in [0.4, 0.5) is 17.3 Å². The molecule has 0 saturated carbocycles. The number of nitrogen functional groups attached to an aromatic ring is 1. The highest BCUT2D eigenvalue weighted by molar-refractivity contribution is 6.34. The lowest BCUT2D eigenvalue weighted by Crippen LogP contribution is -2.18. The standard InChI is InChI=1S/C23H22ClN3O.C16H18N2O/c1-14-10-20-18(23(2,3)13-26-20)11-17(14)15-8-9-21(25-12-15)27-22(28)16-6-4-5-7-19(16)24;1-10-6-14-13(16(2,3)9-19-14)7-12(10)11-4-5-15(17)18-8-11/h4-12,26H,13H2,1-3H3,(H,25,27,28);4-8H,9H2,1-3H3,(H2,17,18). The number of hydrogen-bond acceptors (Lipinski definition) is 6. The van der Waals surface area contributed by atoms with Crippen LogP contribution >= 0.6 is 11.6 Å². The van der Waals surface area contributed by atoms with Gasteiger partial charge in [0.05, 0.1) is 17.2 Å². The van der Waals surface area contributed by atoms with Crippen LogP contribution < -0.4 is 21.1 Å². The molecule has 2 aliphatic rings. The average Bonchev–Trinajstić information content (AvgIpc) is 3.50. The lowest BCUT2D eigenvalue weighted by molar-refractivity contribution is 0.102. The van der Waals surface area contributed by atoms with E-state index in [0.29, 0.717) is 22.2 Å². The molecular formula is C39H40ClN5O2. The molecule has 7 rings (SSSR count). The second-order valence-corrected chi connectivity index (χ2v) is 14.0. The van der Waals surface area contributed by atoms with Crippen LogP contribution in [0.1, 0.15) is 60.3 Å². The number of ether oxygens (including phenoxy) is 1. The van der Waals surface area contributed by atoms with Crippen LogP contribution in [0, 0.1) is 13.8 Å². The third-order valence-corrected chi connectivity index (χ3v) is 9.32. The van der Waals surface area contributed by atoms with Crippen LogP contribution in [0.2, 0.25) is 5.02 Å². The van der Waals surface area contributed by atoms with Gasteiger partial charge in [0.15, 0.2) is 0 Å². The van der Waals surface area contributed by atoms with Crippen molar-refractivity contribution in [2.24, 2.45) is 0 Å². The number of pyridine rings is 2. The van der Waals surface area contributed by atoms with Gasteiger partial charge in [-0.1, -0.05) is 51.4 Å². The fourth-order valence-corrected chi connectivity index (χ4v) is 6.36. The minimum absolute atomic E-state index is 0.0685. The molecule has 3 aromatic carbocycles. The maximum Gasteiger partial charge on any atom is 0.258 e. The maximum atomic E-state index is 12.4. The van der Waals surface area contributed by atoms with Crippen molar-refractivity contribution in [1.82, 2.24) is 9.97 Å². The van der Waals surface area contributed by atoms with E-state index in [-0.39, 0.29) is 16.7 Å². The van der Waals surface area contributed by atoms with Crippen molar-refractivity contribution in [1.29, 1.82) is 0 Å². The Labute approximate surface area is 281 Å². The van der Waals surface area contributed by atoms with Gasteiger partial charge in [-0.2, -0.15) is 0 Å². The Morgan fingerprint density at radius 3 is 2.17 bits per heavy atom. The molecular weight excluding hydrogens is 606 g/mol. The summed E-state index contributed by atoms with van der Waals surface area (Å²) in [6.07, 6.45) is 3.62. The highest BCUT2D eigenvalue weighted by Crippen LogP contribution is 2.42. The van der Waals surface area contributed by atoms with E-state index in [1.165, 1.54) is 33.5 Å². The minimum Gasteiger partial charge on any atom is -0.492 e. The molecule has 2 aromatic heterocycles. The first-order valence-corrected chi connectivity index (χ1v) is 16.1. The van der Waals surface area contributed by atoms with Crippen molar-refractivity contribution >= 4 is 34.8 Å². The highest BCUT2D eigenvalue weighted by Gasteiger charge is 2.33. The number of amides is 1. The number of hydrogen-bond donors (Lipinski definition) is 3. The van der Waals surface area contributed by atoms with Crippen molar-refractivity contribution in [2.75, 3.05) is 29.5 Å². The summed E-state index contributed by atoms with van der Waals surface area (Å²) in [5.41, 5.74) is 16.9. The van der Waals surface area contributed by atoms with Crippen LogP contribution in [-0.4, -0.2) is 29.0 Å². The monoisotopic (exact) mass is 645 g/mol. The zero-order valence-electron chi connectivity index (χ0n) is 27.7. The van der Waals surface area contributed by atoms with E-state index in [2.05, 4.69) is 86.4 Å². The fourth-order valence-electron chi connectivity index (χ4n) is 6.13. The predicted molar refractivity (Wildman–Crippen MR) is 193 cm³/mol. The lowest BCUT2D eigenvalue weighted by atomic mass is 9.84. The van der Waals surface area contributed by atoms with Crippen LogP contribution in [0.3, 0.4) is 0 Å². The van der Waals surface area contributed by atoms with Crippen LogP contribution in [0.5, 0.6) is 5.75 Å². The Morgan fingerprint density at radius 2 is 1.51 bits per heavy atom. The molecule has 0 atom stereocenters. The Morgan fingerprint density at radius 1 is 0.851 bits per heavy atom. The Kier molecular flexibility index (Phi) is 8.45. The summed E-state index contributed by atoms with van der Waals surface area (Å²) >= 11 is 6.09. The molecule has 0 radical (unpaired) electrons. The fraction of sp³-hybridized carbons (Fsp3) is 0.256. The van der Waals surface area contributed by atoms with Crippen LogP contribution in [0.15, 0.2) is 85.2 Å². The zero-order chi connectivity index (χ0) is 33.5. The normalized spacial score (nSPS) is 15.0. The summed E-state index contributed by atoms with van der Waals surface area (Å²) < 4.78 is 5.77. The van der Waals surface area contributed by atoms with E-state index < -0.39 is 0 Å². The number of nitrogens with zero attached hydrogens (tertiary/aromatic N) is 2. The number of carbonyl (C=O) groups excluding carboxylic acids is 1. The average molecular weight is 646 g/mol. The smallest absolute Gasteiger partial charge is 0.258 e. The third-order valence-electron chi connectivity index (χ3n) is 8.99. The van der Waals surface area contributed by atoms with Crippen molar-refractivity contribution in [3.8, 4) is 28.0 Å². The number of benzene rings is 3. The number of anilines is 3. The minimum atomic E-state index is -0.271. The predicted octanol–water partition coefficient (Wildman–Crippen LogP) is 8.98. The maximum absolute atomic E-state index is 12.4. The summed E-state index contributed by atoms with van der Waals surface area (Å²) in [6, 6.07) is 23.4. The van der Waals surface area contributed by atoms with Gasteiger partial charge >= 0.3 is 0 Å². The summed E-state index contributed by atoms with van der Waals surface area (Å²) in [4.78, 5) is 21.0. The Hall–Kier alpha value is -4.88. The van der Waals surface area contributed by atoms with E-state index >= 15 is 0 Å². The molecule has 0 bridgehead atoms. The first kappa shape index (κ1) is 32.1. The van der Waals surface area contributed by atoms with Gasteiger partial charge in [0.1, 0.15) is 17.4 Å². The quantitative estimate of drug-likeness (QED) is 0.180. The van der Waals surface area contributed by atoms with Gasteiger partial charge in [-0.3, -0.25) is 4.79 Å². The number of aromatic nitrogens is 2. The number of nitrogens with two attached hydrogens (primary N) is 1. The van der Waals surface area contributed by atoms with Gasteiger partial charge in [0.2, 0.25) is 0 Å². The van der Waals surface area contributed by atoms with Gasteiger partial charge in [-0.25, -0.2) is 9.97 Å². The molecule has 2 aliphatic heterocycles.